The van der Waals surface area contributed by atoms with Crippen LogP contribution >= 0.6 is 0 Å². The van der Waals surface area contributed by atoms with Gasteiger partial charge in [0.05, 0.1) is 45.4 Å². The highest BCUT2D eigenvalue weighted by Crippen LogP contribution is 2.57. The molecule has 2 atom stereocenters. The van der Waals surface area contributed by atoms with Crippen molar-refractivity contribution in [2.45, 2.75) is 11.8 Å². The molecule has 7 aromatic carbocycles. The lowest BCUT2D eigenvalue weighted by molar-refractivity contribution is 0.709. The minimum Gasteiger partial charge on any atom is -0.310 e. The minimum absolute atomic E-state index is 0.197. The molecule has 11 rings (SSSR count). The molecule has 0 fully saturated rings. The van der Waals surface area contributed by atoms with Crippen LogP contribution in [0.4, 0.5) is 34.1 Å². The number of anilines is 6. The van der Waals surface area contributed by atoms with Gasteiger partial charge in [-0.1, -0.05) is 84.9 Å². The second-order valence-corrected chi connectivity index (χ2v) is 13.6. The van der Waals surface area contributed by atoms with E-state index in [-0.39, 0.29) is 11.8 Å². The van der Waals surface area contributed by atoms with Crippen LogP contribution in [0.5, 0.6) is 0 Å². The maximum absolute atomic E-state index is 9.86. The zero-order valence-electron chi connectivity index (χ0n) is 29.0. The Bertz CT molecular complexity index is 2530. The molecule has 1 heterocycles. The van der Waals surface area contributed by atoms with Crippen molar-refractivity contribution in [3.63, 3.8) is 0 Å². The predicted molar refractivity (Wildman–Crippen MR) is 213 cm³/mol. The summed E-state index contributed by atoms with van der Waals surface area (Å²) in [5, 5.41) is 19.7. The van der Waals surface area contributed by atoms with Gasteiger partial charge >= 0.3 is 0 Å². The molecular formula is C48H30N6. The summed E-state index contributed by atoms with van der Waals surface area (Å²) >= 11 is 0. The van der Waals surface area contributed by atoms with Gasteiger partial charge in [0.15, 0.2) is 0 Å². The van der Waals surface area contributed by atoms with Crippen LogP contribution in [0.25, 0.3) is 11.0 Å². The third-order valence-corrected chi connectivity index (χ3v) is 10.6. The van der Waals surface area contributed by atoms with E-state index in [0.29, 0.717) is 22.2 Å². The molecule has 0 saturated carbocycles. The second kappa shape index (κ2) is 12.6. The van der Waals surface area contributed by atoms with Crippen molar-refractivity contribution in [3.05, 3.63) is 215 Å². The highest BCUT2D eigenvalue weighted by atomic mass is 15.1. The first kappa shape index (κ1) is 31.2. The van der Waals surface area contributed by atoms with E-state index in [9.17, 15) is 10.5 Å². The molecule has 0 amide bonds. The maximum Gasteiger partial charge on any atom is 0.101 e. The Morgan fingerprint density at radius 3 is 1.02 bits per heavy atom. The lowest BCUT2D eigenvalue weighted by Gasteiger charge is -2.42. The lowest BCUT2D eigenvalue weighted by Crippen LogP contribution is -2.30. The molecule has 252 valence electrons. The van der Waals surface area contributed by atoms with Crippen molar-refractivity contribution < 1.29 is 0 Å². The SMILES string of the molecule is N#Cc1cc2nc3c(nc2cc1C#N)[C@H]1c2ccc(N(c4ccccc4)c4ccccc4)cc2C3c2ccc(N(c3ccccc3)c3ccccc3)cc21. The quantitative estimate of drug-likeness (QED) is 0.173. The van der Waals surface area contributed by atoms with Gasteiger partial charge in [-0.2, -0.15) is 10.5 Å². The molecular weight excluding hydrogens is 661 g/mol. The van der Waals surface area contributed by atoms with Crippen molar-refractivity contribution in [3.8, 4) is 12.1 Å². The van der Waals surface area contributed by atoms with Gasteiger partial charge in [0.1, 0.15) is 12.1 Å². The first-order valence-electron chi connectivity index (χ1n) is 17.9. The van der Waals surface area contributed by atoms with Gasteiger partial charge in [-0.3, -0.25) is 0 Å². The molecule has 6 heteroatoms. The summed E-state index contributed by atoms with van der Waals surface area (Å²) < 4.78 is 0. The molecule has 3 aliphatic rings. The van der Waals surface area contributed by atoms with Crippen LogP contribution in [0.3, 0.4) is 0 Å². The minimum atomic E-state index is -0.197. The van der Waals surface area contributed by atoms with Gasteiger partial charge in [-0.25, -0.2) is 9.97 Å². The molecule has 2 bridgehead atoms. The van der Waals surface area contributed by atoms with Crippen LogP contribution in [0.2, 0.25) is 0 Å². The van der Waals surface area contributed by atoms with Crippen LogP contribution in [-0.4, -0.2) is 9.97 Å². The van der Waals surface area contributed by atoms with Crippen LogP contribution in [0, 0.1) is 22.7 Å². The molecule has 6 nitrogen and oxygen atoms in total. The Morgan fingerprint density at radius 1 is 0.370 bits per heavy atom. The normalized spacial score (nSPS) is 14.6. The summed E-state index contributed by atoms with van der Waals surface area (Å²) in [6, 6.07) is 63.1. The Labute approximate surface area is 313 Å². The van der Waals surface area contributed by atoms with Crippen LogP contribution < -0.4 is 9.80 Å². The molecule has 54 heavy (non-hydrogen) atoms. The van der Waals surface area contributed by atoms with Crippen LogP contribution in [0.1, 0.15) is 56.6 Å². The number of para-hydroxylation sites is 4. The monoisotopic (exact) mass is 690 g/mol. The molecule has 1 unspecified atom stereocenters. The van der Waals surface area contributed by atoms with Gasteiger partial charge in [0, 0.05) is 34.1 Å². The Balaban J connectivity index is 1.20. The fourth-order valence-corrected chi connectivity index (χ4v) is 8.30. The molecule has 8 aromatic rings. The highest BCUT2D eigenvalue weighted by Gasteiger charge is 2.44. The van der Waals surface area contributed by atoms with Gasteiger partial charge in [-0.15, -0.1) is 0 Å². The number of aromatic nitrogens is 2. The number of fused-ring (bicyclic) bond motifs is 1. The van der Waals surface area contributed by atoms with Gasteiger partial charge in [-0.05, 0) is 107 Å². The van der Waals surface area contributed by atoms with E-state index in [0.717, 1.165) is 45.5 Å². The van der Waals surface area contributed by atoms with Gasteiger partial charge < -0.3 is 9.80 Å². The third kappa shape index (κ3) is 4.93. The summed E-state index contributed by atoms with van der Waals surface area (Å²) in [6.07, 6.45) is 0. The van der Waals surface area contributed by atoms with E-state index in [1.807, 2.05) is 24.3 Å². The summed E-state index contributed by atoms with van der Waals surface area (Å²) in [5.41, 5.74) is 14.7. The number of nitrogens with zero attached hydrogens (tertiary/aromatic N) is 6. The van der Waals surface area contributed by atoms with E-state index in [2.05, 4.69) is 155 Å². The summed E-state index contributed by atoms with van der Waals surface area (Å²) in [7, 11) is 0. The Kier molecular flexibility index (Phi) is 7.28. The second-order valence-electron chi connectivity index (χ2n) is 13.6. The third-order valence-electron chi connectivity index (χ3n) is 10.6. The van der Waals surface area contributed by atoms with Crippen molar-refractivity contribution >= 4 is 45.2 Å². The van der Waals surface area contributed by atoms with E-state index < -0.39 is 0 Å². The number of rotatable bonds is 6. The Hall–Kier alpha value is -7.54. The average molecular weight is 691 g/mol. The largest absolute Gasteiger partial charge is 0.310 e. The molecule has 0 spiro atoms. The molecule has 0 N–H and O–H groups in total. The summed E-state index contributed by atoms with van der Waals surface area (Å²) in [4.78, 5) is 15.1. The number of benzene rings is 7. The number of hydrogen-bond acceptors (Lipinski definition) is 6. The van der Waals surface area contributed by atoms with E-state index in [4.69, 9.17) is 9.97 Å². The summed E-state index contributed by atoms with van der Waals surface area (Å²) in [5.74, 6) is -0.394. The van der Waals surface area contributed by atoms with Crippen molar-refractivity contribution in [2.24, 2.45) is 0 Å². The predicted octanol–water partition coefficient (Wildman–Crippen LogP) is 11.3. The van der Waals surface area contributed by atoms with E-state index in [1.54, 1.807) is 12.1 Å². The van der Waals surface area contributed by atoms with Gasteiger partial charge in [0.25, 0.3) is 0 Å². The average Bonchev–Trinajstić information content (AvgIpc) is 3.24. The zero-order chi connectivity index (χ0) is 36.2. The first-order valence-corrected chi connectivity index (χ1v) is 17.9. The molecule has 0 saturated heterocycles. The zero-order valence-corrected chi connectivity index (χ0v) is 29.0. The van der Waals surface area contributed by atoms with E-state index >= 15 is 0 Å². The van der Waals surface area contributed by atoms with Crippen LogP contribution in [0.15, 0.2) is 170 Å². The fraction of sp³-hybridized carbons (Fsp3) is 0.0417. The van der Waals surface area contributed by atoms with Gasteiger partial charge in [0.2, 0.25) is 0 Å². The van der Waals surface area contributed by atoms with E-state index in [1.165, 1.54) is 22.3 Å². The smallest absolute Gasteiger partial charge is 0.101 e. The molecule has 3 aliphatic carbocycles. The fourth-order valence-electron chi connectivity index (χ4n) is 8.30. The molecule has 0 radical (unpaired) electrons. The molecule has 0 aliphatic heterocycles. The summed E-state index contributed by atoms with van der Waals surface area (Å²) in [6.45, 7) is 0. The number of hydrogen-bond donors (Lipinski definition) is 0. The van der Waals surface area contributed by atoms with Crippen molar-refractivity contribution in [1.82, 2.24) is 9.97 Å². The first-order chi connectivity index (χ1) is 26.7. The lowest BCUT2D eigenvalue weighted by atomic mass is 9.64. The van der Waals surface area contributed by atoms with Crippen molar-refractivity contribution in [2.75, 3.05) is 9.80 Å². The standard InChI is InChI=1S/C48H30N6/c49-29-31-25-43-44(26-32(31)30-50)52-48-46-39-23-21-37(53(33-13-5-1-6-14-33)34-15-7-2-8-16-34)27-41(39)45(47(48)51-43)40-24-22-38(28-42(40)46)54(35-17-9-3-10-18-35)36-19-11-4-12-20-36/h1-28,45-46H/t45-,46?/m0/s1. The number of nitriles is 2. The topological polar surface area (TPSA) is 79.8 Å². The van der Waals surface area contributed by atoms with Crippen molar-refractivity contribution in [1.29, 1.82) is 10.5 Å². The van der Waals surface area contributed by atoms with Crippen LogP contribution in [-0.2, 0) is 0 Å². The highest BCUT2D eigenvalue weighted by molar-refractivity contribution is 5.84. The molecule has 1 aromatic heterocycles. The maximum atomic E-state index is 9.86. The Morgan fingerprint density at radius 2 is 0.704 bits per heavy atom.